The van der Waals surface area contributed by atoms with Crippen molar-refractivity contribution in [1.82, 2.24) is 20.3 Å². The van der Waals surface area contributed by atoms with E-state index in [1.54, 1.807) is 6.08 Å². The minimum atomic E-state index is -0.223. The number of hydrogen-bond acceptors (Lipinski definition) is 9. The van der Waals surface area contributed by atoms with Crippen LogP contribution < -0.4 is 24.6 Å². The first kappa shape index (κ1) is 20.5. The topological polar surface area (TPSA) is 102 Å². The van der Waals surface area contributed by atoms with Crippen molar-refractivity contribution in [2.45, 2.75) is 19.4 Å². The van der Waals surface area contributed by atoms with Crippen LogP contribution in [0.2, 0.25) is 0 Å². The normalized spacial score (nSPS) is 17.9. The summed E-state index contributed by atoms with van der Waals surface area (Å²) in [6, 6.07) is 5.55. The molecular weight excluding hydrogens is 412 g/mol. The number of ether oxygens (including phenoxy) is 3. The number of benzene rings is 1. The third kappa shape index (κ3) is 4.75. The number of amides is 1. The largest absolute Gasteiger partial charge is 0.454 e. The molecule has 10 nitrogen and oxygen atoms in total. The van der Waals surface area contributed by atoms with Gasteiger partial charge in [0, 0.05) is 32.3 Å². The van der Waals surface area contributed by atoms with Crippen LogP contribution in [0.25, 0.3) is 6.08 Å². The van der Waals surface area contributed by atoms with Gasteiger partial charge in [-0.05, 0) is 36.6 Å². The van der Waals surface area contributed by atoms with Crippen molar-refractivity contribution in [3.05, 3.63) is 35.7 Å². The molecule has 1 aromatic heterocycles. The first-order valence-electron chi connectivity index (χ1n) is 10.9. The highest BCUT2D eigenvalue weighted by molar-refractivity contribution is 5.91. The Morgan fingerprint density at radius 1 is 0.969 bits per heavy atom. The standard InChI is InChI=1S/C22H26N6O4/c29-20(6-4-16-3-5-17-18(13-16)32-15-31-17)23-14-19-24-21(27-7-1-2-8-27)26-22(25-19)28-9-11-30-12-10-28/h3-6,13H,1-2,7-12,14-15H2,(H,23,29)/b6-4+. The van der Waals surface area contributed by atoms with Gasteiger partial charge in [0.25, 0.3) is 0 Å². The number of anilines is 2. The van der Waals surface area contributed by atoms with E-state index in [-0.39, 0.29) is 19.2 Å². The molecule has 1 aromatic carbocycles. The fraction of sp³-hybridized carbons (Fsp3) is 0.455. The summed E-state index contributed by atoms with van der Waals surface area (Å²) in [5.41, 5.74) is 0.857. The number of carbonyl (C=O) groups excluding carboxylic acids is 1. The molecule has 0 saturated carbocycles. The Morgan fingerprint density at radius 2 is 1.69 bits per heavy atom. The monoisotopic (exact) mass is 438 g/mol. The number of rotatable bonds is 6. The van der Waals surface area contributed by atoms with E-state index in [0.717, 1.165) is 44.6 Å². The highest BCUT2D eigenvalue weighted by atomic mass is 16.7. The summed E-state index contributed by atoms with van der Waals surface area (Å²) in [5, 5.41) is 2.87. The zero-order valence-electron chi connectivity index (χ0n) is 17.8. The van der Waals surface area contributed by atoms with Crippen LogP contribution in [0.4, 0.5) is 11.9 Å². The molecule has 0 unspecified atom stereocenters. The number of aromatic nitrogens is 3. The van der Waals surface area contributed by atoms with Crippen molar-refractivity contribution in [2.75, 3.05) is 56.0 Å². The first-order chi connectivity index (χ1) is 15.7. The van der Waals surface area contributed by atoms with Gasteiger partial charge in [-0.25, -0.2) is 0 Å². The lowest BCUT2D eigenvalue weighted by Crippen LogP contribution is -2.38. The van der Waals surface area contributed by atoms with Gasteiger partial charge < -0.3 is 29.3 Å². The van der Waals surface area contributed by atoms with Crippen LogP contribution in [0.15, 0.2) is 24.3 Å². The first-order valence-corrected chi connectivity index (χ1v) is 10.9. The van der Waals surface area contributed by atoms with E-state index in [1.807, 2.05) is 18.2 Å². The SMILES string of the molecule is O=C(/C=C/c1ccc2c(c1)OCO2)NCc1nc(N2CCCC2)nc(N2CCOCC2)n1. The Balaban J connectivity index is 1.26. The lowest BCUT2D eigenvalue weighted by molar-refractivity contribution is -0.116. The average molecular weight is 438 g/mol. The van der Waals surface area contributed by atoms with Gasteiger partial charge in [-0.1, -0.05) is 6.07 Å². The second kappa shape index (κ2) is 9.39. The molecule has 10 heteroatoms. The Morgan fingerprint density at radius 3 is 2.47 bits per heavy atom. The van der Waals surface area contributed by atoms with Crippen LogP contribution in [-0.2, 0) is 16.1 Å². The summed E-state index contributed by atoms with van der Waals surface area (Å²) in [6.45, 7) is 5.13. The van der Waals surface area contributed by atoms with Crippen LogP contribution in [0.3, 0.4) is 0 Å². The van der Waals surface area contributed by atoms with E-state index in [0.29, 0.717) is 42.4 Å². The minimum absolute atomic E-state index is 0.223. The molecule has 5 rings (SSSR count). The number of carbonyl (C=O) groups is 1. The maximum atomic E-state index is 12.4. The lowest BCUT2D eigenvalue weighted by Gasteiger charge is -2.28. The summed E-state index contributed by atoms with van der Waals surface area (Å²) >= 11 is 0. The van der Waals surface area contributed by atoms with Gasteiger partial charge in [-0.15, -0.1) is 0 Å². The van der Waals surface area contributed by atoms with Crippen LogP contribution in [0, 0.1) is 0 Å². The van der Waals surface area contributed by atoms with Crippen molar-refractivity contribution in [3.8, 4) is 11.5 Å². The molecule has 3 aliphatic heterocycles. The molecule has 2 aromatic rings. The molecule has 0 aliphatic carbocycles. The van der Waals surface area contributed by atoms with Crippen molar-refractivity contribution >= 4 is 23.9 Å². The van der Waals surface area contributed by atoms with Crippen LogP contribution >= 0.6 is 0 Å². The zero-order chi connectivity index (χ0) is 21.8. The lowest BCUT2D eigenvalue weighted by atomic mass is 10.2. The van der Waals surface area contributed by atoms with Crippen LogP contribution in [0.5, 0.6) is 11.5 Å². The predicted octanol–water partition coefficient (Wildman–Crippen LogP) is 1.37. The third-order valence-electron chi connectivity index (χ3n) is 5.59. The number of fused-ring (bicyclic) bond motifs is 1. The van der Waals surface area contributed by atoms with E-state index >= 15 is 0 Å². The van der Waals surface area contributed by atoms with Gasteiger partial charge in [0.1, 0.15) is 0 Å². The molecule has 0 spiro atoms. The van der Waals surface area contributed by atoms with Crippen molar-refractivity contribution in [3.63, 3.8) is 0 Å². The molecule has 0 radical (unpaired) electrons. The van der Waals surface area contributed by atoms with E-state index in [4.69, 9.17) is 19.2 Å². The molecule has 4 heterocycles. The van der Waals surface area contributed by atoms with Gasteiger partial charge in [0.2, 0.25) is 24.6 Å². The van der Waals surface area contributed by atoms with Crippen molar-refractivity contribution in [1.29, 1.82) is 0 Å². The van der Waals surface area contributed by atoms with E-state index in [1.165, 1.54) is 6.08 Å². The van der Waals surface area contributed by atoms with Gasteiger partial charge in [0.05, 0.1) is 19.8 Å². The molecule has 2 saturated heterocycles. The summed E-state index contributed by atoms with van der Waals surface area (Å²) in [7, 11) is 0. The van der Waals surface area contributed by atoms with Gasteiger partial charge >= 0.3 is 0 Å². The number of nitrogens with zero attached hydrogens (tertiary/aromatic N) is 5. The molecule has 1 N–H and O–H groups in total. The second-order valence-electron chi connectivity index (χ2n) is 7.81. The van der Waals surface area contributed by atoms with Gasteiger partial charge in [0.15, 0.2) is 17.3 Å². The maximum Gasteiger partial charge on any atom is 0.244 e. The maximum absolute atomic E-state index is 12.4. The van der Waals surface area contributed by atoms with E-state index in [9.17, 15) is 4.79 Å². The molecule has 2 fully saturated rings. The number of morpholine rings is 1. The van der Waals surface area contributed by atoms with Crippen molar-refractivity contribution < 1.29 is 19.0 Å². The number of nitrogens with one attached hydrogen (secondary N) is 1. The van der Waals surface area contributed by atoms with Gasteiger partial charge in [-0.3, -0.25) is 4.79 Å². The quantitative estimate of drug-likeness (QED) is 0.670. The average Bonchev–Trinajstić information content (AvgIpc) is 3.54. The summed E-state index contributed by atoms with van der Waals surface area (Å²) in [4.78, 5) is 30.6. The number of hydrogen-bond donors (Lipinski definition) is 1. The Hall–Kier alpha value is -3.40. The molecule has 0 atom stereocenters. The Labute approximate surface area is 186 Å². The van der Waals surface area contributed by atoms with E-state index < -0.39 is 0 Å². The zero-order valence-corrected chi connectivity index (χ0v) is 17.8. The second-order valence-corrected chi connectivity index (χ2v) is 7.81. The highest BCUT2D eigenvalue weighted by Gasteiger charge is 2.21. The van der Waals surface area contributed by atoms with E-state index in [2.05, 4.69) is 25.1 Å². The van der Waals surface area contributed by atoms with Crippen molar-refractivity contribution in [2.24, 2.45) is 0 Å². The third-order valence-corrected chi connectivity index (χ3v) is 5.59. The Kier molecular flexibility index (Phi) is 6.02. The predicted molar refractivity (Wildman–Crippen MR) is 118 cm³/mol. The van der Waals surface area contributed by atoms with Crippen LogP contribution in [0.1, 0.15) is 24.2 Å². The molecule has 0 bridgehead atoms. The minimum Gasteiger partial charge on any atom is -0.454 e. The molecule has 168 valence electrons. The smallest absolute Gasteiger partial charge is 0.244 e. The fourth-order valence-electron chi connectivity index (χ4n) is 3.85. The summed E-state index contributed by atoms with van der Waals surface area (Å²) in [6.07, 6.45) is 5.49. The molecule has 1 amide bonds. The summed E-state index contributed by atoms with van der Waals surface area (Å²) in [5.74, 6) is 3.05. The highest BCUT2D eigenvalue weighted by Crippen LogP contribution is 2.32. The fourth-order valence-corrected chi connectivity index (χ4v) is 3.85. The molecular formula is C22H26N6O4. The molecule has 32 heavy (non-hydrogen) atoms. The van der Waals surface area contributed by atoms with Gasteiger partial charge in [-0.2, -0.15) is 15.0 Å². The van der Waals surface area contributed by atoms with Crippen LogP contribution in [-0.4, -0.2) is 67.0 Å². The molecule has 3 aliphatic rings. The Bertz CT molecular complexity index is 1000. The summed E-state index contributed by atoms with van der Waals surface area (Å²) < 4.78 is 16.1.